The highest BCUT2D eigenvalue weighted by Gasteiger charge is 2.27. The third kappa shape index (κ3) is 4.81. The average Bonchev–Trinajstić information content (AvgIpc) is 2.87. The quantitative estimate of drug-likeness (QED) is 0.497. The molecule has 2 N–H and O–H groups in total. The molecule has 3 aromatic rings. The van der Waals surface area contributed by atoms with Crippen molar-refractivity contribution in [2.75, 3.05) is 40.0 Å². The molecule has 0 aromatic carbocycles. The summed E-state index contributed by atoms with van der Waals surface area (Å²) in [5, 5.41) is 14.1. The smallest absolute Gasteiger partial charge is 0.270 e. The van der Waals surface area contributed by atoms with Crippen molar-refractivity contribution in [3.05, 3.63) is 46.6 Å². The highest BCUT2D eigenvalue weighted by molar-refractivity contribution is 5.70. The van der Waals surface area contributed by atoms with E-state index in [-0.39, 0.29) is 11.6 Å². The third-order valence-corrected chi connectivity index (χ3v) is 6.21. The van der Waals surface area contributed by atoms with Gasteiger partial charge in [0.1, 0.15) is 18.7 Å². The van der Waals surface area contributed by atoms with Crippen molar-refractivity contribution in [3.8, 4) is 17.4 Å². The van der Waals surface area contributed by atoms with Crippen LogP contribution in [0.25, 0.3) is 11.2 Å². The highest BCUT2D eigenvalue weighted by atomic mass is 16.6. The van der Waals surface area contributed by atoms with Gasteiger partial charge < -0.3 is 24.6 Å². The summed E-state index contributed by atoms with van der Waals surface area (Å²) in [5.41, 5.74) is 1.76. The maximum absolute atomic E-state index is 12.5. The summed E-state index contributed by atoms with van der Waals surface area (Å²) in [6, 6.07) is 5.34. The molecule has 2 aliphatic rings. The molecule has 5 rings (SSSR count). The maximum atomic E-state index is 12.5. The second kappa shape index (κ2) is 9.92. The van der Waals surface area contributed by atoms with Crippen LogP contribution in [0.1, 0.15) is 12.1 Å². The van der Waals surface area contributed by atoms with Crippen LogP contribution in [0, 0.1) is 0 Å². The van der Waals surface area contributed by atoms with Crippen LogP contribution in [-0.2, 0) is 13.1 Å². The van der Waals surface area contributed by atoms with Gasteiger partial charge in [0.2, 0.25) is 5.88 Å². The fourth-order valence-corrected chi connectivity index (χ4v) is 4.35. The molecule has 0 unspecified atom stereocenters. The van der Waals surface area contributed by atoms with E-state index >= 15 is 0 Å². The normalized spacial score (nSPS) is 20.4. The molecular weight excluding hydrogens is 440 g/mol. The Hall–Kier alpha value is -3.28. The van der Waals surface area contributed by atoms with Crippen LogP contribution in [-0.4, -0.2) is 81.6 Å². The van der Waals surface area contributed by atoms with Gasteiger partial charge >= 0.3 is 0 Å². The first-order valence-electron chi connectivity index (χ1n) is 11.4. The number of rotatable bonds is 7. The van der Waals surface area contributed by atoms with E-state index in [9.17, 15) is 9.90 Å². The molecule has 0 radical (unpaired) electrons. The standard InChI is InChI=1S/C23H28N6O5/c1-32-21-3-2-17-23(27-21)29(22(31)13-26-17)7-6-28-5-4-16(18(30)14-28)25-11-15-10-19-20(12-24-15)34-9-8-33-19/h2-3,10,12-13,16,18,25,30H,4-9,11,14H2,1H3/t16-,18+/m0/s1. The number of hydrogen-bond acceptors (Lipinski definition) is 10. The number of likely N-dealkylation sites (tertiary alicyclic amines) is 1. The van der Waals surface area contributed by atoms with E-state index in [1.165, 1.54) is 13.3 Å². The van der Waals surface area contributed by atoms with Gasteiger partial charge in [-0.15, -0.1) is 0 Å². The molecule has 1 saturated heterocycles. The van der Waals surface area contributed by atoms with Gasteiger partial charge in [-0.3, -0.25) is 19.2 Å². The van der Waals surface area contributed by atoms with Crippen LogP contribution in [0.4, 0.5) is 0 Å². The minimum atomic E-state index is -0.532. The van der Waals surface area contributed by atoms with Crippen molar-refractivity contribution in [2.24, 2.45) is 0 Å². The Morgan fingerprint density at radius 2 is 2.03 bits per heavy atom. The third-order valence-electron chi connectivity index (χ3n) is 6.21. The highest BCUT2D eigenvalue weighted by Crippen LogP contribution is 2.29. The number of methoxy groups -OCH3 is 1. The summed E-state index contributed by atoms with van der Waals surface area (Å²) in [6.45, 7) is 3.98. The topological polar surface area (TPSA) is 124 Å². The van der Waals surface area contributed by atoms with Crippen LogP contribution >= 0.6 is 0 Å². The van der Waals surface area contributed by atoms with Crippen LogP contribution in [0.3, 0.4) is 0 Å². The Labute approximate surface area is 196 Å². The zero-order valence-electron chi connectivity index (χ0n) is 19.0. The van der Waals surface area contributed by atoms with E-state index in [2.05, 4.69) is 25.2 Å². The van der Waals surface area contributed by atoms with E-state index in [1.807, 2.05) is 6.07 Å². The number of fused-ring (bicyclic) bond motifs is 2. The number of pyridine rings is 2. The lowest BCUT2D eigenvalue weighted by Gasteiger charge is -2.36. The Bertz CT molecular complexity index is 1220. The molecule has 0 spiro atoms. The first-order valence-corrected chi connectivity index (χ1v) is 11.4. The number of hydrogen-bond donors (Lipinski definition) is 2. The lowest BCUT2D eigenvalue weighted by molar-refractivity contribution is 0.0384. The number of aliphatic hydroxyl groups is 1. The molecule has 2 aliphatic heterocycles. The summed E-state index contributed by atoms with van der Waals surface area (Å²) in [6.07, 6.45) is 3.24. The predicted octanol–water partition coefficient (Wildman–Crippen LogP) is 0.191. The number of nitrogens with zero attached hydrogens (tertiary/aromatic N) is 5. The van der Waals surface area contributed by atoms with Gasteiger partial charge in [-0.2, -0.15) is 4.98 Å². The summed E-state index contributed by atoms with van der Waals surface area (Å²) < 4.78 is 17.9. The fraction of sp³-hybridized carbons (Fsp3) is 0.478. The second-order valence-corrected chi connectivity index (χ2v) is 8.41. The molecule has 11 heteroatoms. The summed E-state index contributed by atoms with van der Waals surface area (Å²) >= 11 is 0. The largest absolute Gasteiger partial charge is 0.486 e. The predicted molar refractivity (Wildman–Crippen MR) is 123 cm³/mol. The number of aromatic nitrogens is 4. The number of ether oxygens (including phenoxy) is 3. The van der Waals surface area contributed by atoms with Crippen LogP contribution in [0.2, 0.25) is 0 Å². The minimum Gasteiger partial charge on any atom is -0.486 e. The molecule has 0 saturated carbocycles. The van der Waals surface area contributed by atoms with Gasteiger partial charge in [-0.1, -0.05) is 0 Å². The Kier molecular flexibility index (Phi) is 6.57. The van der Waals surface area contributed by atoms with Gasteiger partial charge in [0.25, 0.3) is 5.56 Å². The molecule has 0 amide bonds. The molecule has 3 aromatic heterocycles. The fourth-order valence-electron chi connectivity index (χ4n) is 4.35. The van der Waals surface area contributed by atoms with E-state index in [0.29, 0.717) is 67.9 Å². The summed E-state index contributed by atoms with van der Waals surface area (Å²) in [4.78, 5) is 27.6. The van der Waals surface area contributed by atoms with Crippen molar-refractivity contribution in [1.82, 2.24) is 29.7 Å². The lowest BCUT2D eigenvalue weighted by atomic mass is 10.0. The number of nitrogens with one attached hydrogen (secondary N) is 1. The summed E-state index contributed by atoms with van der Waals surface area (Å²) in [5.74, 6) is 1.81. The Morgan fingerprint density at radius 1 is 1.18 bits per heavy atom. The van der Waals surface area contributed by atoms with Gasteiger partial charge in [0, 0.05) is 44.4 Å². The molecule has 5 heterocycles. The molecule has 0 bridgehead atoms. The molecule has 2 atom stereocenters. The maximum Gasteiger partial charge on any atom is 0.270 e. The first-order chi connectivity index (χ1) is 16.6. The zero-order valence-corrected chi connectivity index (χ0v) is 19.0. The number of piperidine rings is 1. The van der Waals surface area contributed by atoms with E-state index < -0.39 is 6.10 Å². The summed E-state index contributed by atoms with van der Waals surface area (Å²) in [7, 11) is 1.54. The second-order valence-electron chi connectivity index (χ2n) is 8.41. The Balaban J connectivity index is 1.17. The van der Waals surface area contributed by atoms with Crippen LogP contribution < -0.4 is 25.1 Å². The first kappa shape index (κ1) is 22.5. The van der Waals surface area contributed by atoms with Crippen molar-refractivity contribution in [3.63, 3.8) is 0 Å². The van der Waals surface area contributed by atoms with Gasteiger partial charge in [0.15, 0.2) is 17.1 Å². The number of β-amino-alcohol motifs (C(OH)–C–C–N with tert-alkyl or cyclic N) is 1. The SMILES string of the molecule is COc1ccc2ncc(=O)n(CCN3CC[C@H](NCc4cc5c(cn4)OCCO5)[C@H](O)C3)c2n1. The molecule has 11 nitrogen and oxygen atoms in total. The molecular formula is C23H28N6O5. The lowest BCUT2D eigenvalue weighted by Crippen LogP contribution is -2.53. The molecule has 0 aliphatic carbocycles. The average molecular weight is 469 g/mol. The molecule has 1 fully saturated rings. The van der Waals surface area contributed by atoms with Gasteiger partial charge in [-0.05, 0) is 19.0 Å². The Morgan fingerprint density at radius 3 is 2.85 bits per heavy atom. The van der Waals surface area contributed by atoms with Crippen LogP contribution in [0.5, 0.6) is 17.4 Å². The van der Waals surface area contributed by atoms with Crippen molar-refractivity contribution in [1.29, 1.82) is 0 Å². The van der Waals surface area contributed by atoms with Crippen molar-refractivity contribution in [2.45, 2.75) is 31.7 Å². The van der Waals surface area contributed by atoms with Crippen molar-refractivity contribution >= 4 is 11.2 Å². The molecule has 180 valence electrons. The monoisotopic (exact) mass is 468 g/mol. The van der Waals surface area contributed by atoms with E-state index in [4.69, 9.17) is 14.2 Å². The van der Waals surface area contributed by atoms with Gasteiger partial charge in [0.05, 0.1) is 31.3 Å². The van der Waals surface area contributed by atoms with E-state index in [1.54, 1.807) is 22.9 Å². The van der Waals surface area contributed by atoms with Gasteiger partial charge in [-0.25, -0.2) is 4.98 Å². The minimum absolute atomic E-state index is 0.0401. The number of aliphatic hydroxyl groups excluding tert-OH is 1. The zero-order chi connectivity index (χ0) is 23.5. The molecule has 34 heavy (non-hydrogen) atoms. The van der Waals surface area contributed by atoms with Crippen LogP contribution in [0.15, 0.2) is 35.4 Å². The van der Waals surface area contributed by atoms with Crippen molar-refractivity contribution < 1.29 is 19.3 Å². The van der Waals surface area contributed by atoms with E-state index in [0.717, 1.165) is 18.7 Å².